The highest BCUT2D eigenvalue weighted by atomic mass is 32.2. The number of hydrogen-bond donors (Lipinski definition) is 1. The number of aromatic hydroxyl groups is 1. The number of carbonyl (C=O) groups excluding carboxylic acids is 1. The molecule has 0 amide bonds. The lowest BCUT2D eigenvalue weighted by atomic mass is 10.1. The highest BCUT2D eigenvalue weighted by Gasteiger charge is 2.13. The van der Waals surface area contributed by atoms with Crippen LogP contribution in [-0.4, -0.2) is 21.9 Å². The van der Waals surface area contributed by atoms with Gasteiger partial charge in [-0.05, 0) is 24.6 Å². The van der Waals surface area contributed by atoms with Crippen molar-refractivity contribution in [2.24, 2.45) is 0 Å². The van der Waals surface area contributed by atoms with E-state index in [1.165, 1.54) is 17.8 Å². The van der Waals surface area contributed by atoms with Gasteiger partial charge in [-0.1, -0.05) is 13.8 Å². The van der Waals surface area contributed by atoms with Crippen LogP contribution in [0.15, 0.2) is 18.2 Å². The maximum Gasteiger partial charge on any atom is 0.176 e. The summed E-state index contributed by atoms with van der Waals surface area (Å²) in [5.74, 6) is -0.625. The summed E-state index contributed by atoms with van der Waals surface area (Å²) in [6.07, 6.45) is 0.979. The first-order valence-electron chi connectivity index (χ1n) is 5.18. The fourth-order valence-electron chi connectivity index (χ4n) is 1.15. The Hall–Kier alpha value is -1.03. The van der Waals surface area contributed by atoms with Crippen molar-refractivity contribution in [3.05, 3.63) is 29.6 Å². The zero-order valence-corrected chi connectivity index (χ0v) is 10.2. The van der Waals surface area contributed by atoms with Gasteiger partial charge in [0.15, 0.2) is 5.78 Å². The largest absolute Gasteiger partial charge is 0.507 e. The van der Waals surface area contributed by atoms with Crippen molar-refractivity contribution >= 4 is 17.5 Å². The number of hydrogen-bond acceptors (Lipinski definition) is 3. The molecular weight excluding hydrogens is 227 g/mol. The summed E-state index contributed by atoms with van der Waals surface area (Å²) in [5, 5.41) is 9.82. The third kappa shape index (κ3) is 3.52. The Morgan fingerprint density at radius 3 is 2.88 bits per heavy atom. The van der Waals surface area contributed by atoms with Gasteiger partial charge in [-0.2, -0.15) is 11.8 Å². The van der Waals surface area contributed by atoms with E-state index in [4.69, 9.17) is 0 Å². The van der Waals surface area contributed by atoms with Crippen LogP contribution in [-0.2, 0) is 0 Å². The fraction of sp³-hybridized carbons (Fsp3) is 0.417. The van der Waals surface area contributed by atoms with Crippen molar-refractivity contribution in [1.82, 2.24) is 0 Å². The summed E-state index contributed by atoms with van der Waals surface area (Å²) >= 11 is 1.51. The lowest BCUT2D eigenvalue weighted by Gasteiger charge is -2.08. The van der Waals surface area contributed by atoms with Gasteiger partial charge in [0, 0.05) is 5.25 Å². The number of halogens is 1. The van der Waals surface area contributed by atoms with E-state index >= 15 is 0 Å². The fourth-order valence-corrected chi connectivity index (χ4v) is 1.97. The van der Waals surface area contributed by atoms with E-state index in [0.717, 1.165) is 18.6 Å². The van der Waals surface area contributed by atoms with Crippen LogP contribution in [0.5, 0.6) is 5.75 Å². The Labute approximate surface area is 98.9 Å². The van der Waals surface area contributed by atoms with Crippen LogP contribution in [0, 0.1) is 5.82 Å². The summed E-state index contributed by atoms with van der Waals surface area (Å²) in [6, 6.07) is 3.42. The standard InChI is InChI=1S/C12H15FO2S/c1-3-8(2)16-7-12(15)10-6-9(13)4-5-11(10)14/h4-6,8,14H,3,7H2,1-2H3. The molecule has 1 aromatic carbocycles. The molecule has 0 aliphatic heterocycles. The van der Waals surface area contributed by atoms with E-state index in [0.29, 0.717) is 5.25 Å². The highest BCUT2D eigenvalue weighted by molar-refractivity contribution is 8.00. The summed E-state index contributed by atoms with van der Waals surface area (Å²) in [6.45, 7) is 4.07. The Morgan fingerprint density at radius 2 is 2.25 bits per heavy atom. The number of carbonyl (C=O) groups is 1. The molecule has 0 aliphatic rings. The van der Waals surface area contributed by atoms with Gasteiger partial charge in [0.05, 0.1) is 11.3 Å². The van der Waals surface area contributed by atoms with E-state index in [-0.39, 0.29) is 22.8 Å². The van der Waals surface area contributed by atoms with Gasteiger partial charge in [0.1, 0.15) is 11.6 Å². The Morgan fingerprint density at radius 1 is 1.56 bits per heavy atom. The second-order valence-electron chi connectivity index (χ2n) is 3.61. The van der Waals surface area contributed by atoms with Crippen molar-refractivity contribution in [3.63, 3.8) is 0 Å². The molecule has 0 heterocycles. The predicted octanol–water partition coefficient (Wildman–Crippen LogP) is 3.25. The average molecular weight is 242 g/mol. The maximum absolute atomic E-state index is 12.9. The molecule has 0 fully saturated rings. The smallest absolute Gasteiger partial charge is 0.176 e. The summed E-state index contributed by atoms with van der Waals surface area (Å²) in [7, 11) is 0. The minimum Gasteiger partial charge on any atom is -0.507 e. The van der Waals surface area contributed by atoms with Crippen LogP contribution in [0.1, 0.15) is 30.6 Å². The molecule has 0 bridgehead atoms. The summed E-state index contributed by atoms with van der Waals surface area (Å²) < 4.78 is 12.9. The molecule has 2 nitrogen and oxygen atoms in total. The summed E-state index contributed by atoms with van der Waals surface area (Å²) in [4.78, 5) is 11.7. The Balaban J connectivity index is 2.69. The number of phenolic OH excluding ortho intramolecular Hbond substituents is 1. The van der Waals surface area contributed by atoms with Crippen molar-refractivity contribution in [2.75, 3.05) is 5.75 Å². The van der Waals surface area contributed by atoms with Gasteiger partial charge in [-0.15, -0.1) is 0 Å². The molecule has 4 heteroatoms. The topological polar surface area (TPSA) is 37.3 Å². The summed E-state index contributed by atoms with van der Waals surface area (Å²) in [5.41, 5.74) is 0.0656. The van der Waals surface area contributed by atoms with E-state index in [1.54, 1.807) is 0 Å². The molecule has 16 heavy (non-hydrogen) atoms. The second-order valence-corrected chi connectivity index (χ2v) is 5.04. The van der Waals surface area contributed by atoms with Crippen LogP contribution in [0.4, 0.5) is 4.39 Å². The number of benzene rings is 1. The van der Waals surface area contributed by atoms with Gasteiger partial charge in [-0.3, -0.25) is 4.79 Å². The second kappa shape index (κ2) is 5.89. The van der Waals surface area contributed by atoms with Gasteiger partial charge in [0.2, 0.25) is 0 Å². The average Bonchev–Trinajstić information content (AvgIpc) is 2.28. The van der Waals surface area contributed by atoms with Crippen LogP contribution in [0.25, 0.3) is 0 Å². The van der Waals surface area contributed by atoms with E-state index in [2.05, 4.69) is 0 Å². The number of ketones is 1. The van der Waals surface area contributed by atoms with Gasteiger partial charge in [-0.25, -0.2) is 4.39 Å². The monoisotopic (exact) mass is 242 g/mol. The lowest BCUT2D eigenvalue weighted by molar-refractivity contribution is 0.101. The van der Waals surface area contributed by atoms with E-state index in [1.807, 2.05) is 13.8 Å². The van der Waals surface area contributed by atoms with E-state index < -0.39 is 5.82 Å². The van der Waals surface area contributed by atoms with Gasteiger partial charge < -0.3 is 5.11 Å². The molecule has 0 saturated carbocycles. The minimum atomic E-state index is -0.505. The molecule has 1 N–H and O–H groups in total. The normalized spacial score (nSPS) is 12.4. The zero-order chi connectivity index (χ0) is 12.1. The Bertz CT molecular complexity index is 379. The number of rotatable bonds is 5. The zero-order valence-electron chi connectivity index (χ0n) is 9.37. The Kier molecular flexibility index (Phi) is 4.80. The first kappa shape index (κ1) is 13.0. The maximum atomic E-state index is 12.9. The van der Waals surface area contributed by atoms with Gasteiger partial charge in [0.25, 0.3) is 0 Å². The number of phenols is 1. The van der Waals surface area contributed by atoms with Gasteiger partial charge >= 0.3 is 0 Å². The van der Waals surface area contributed by atoms with Crippen LogP contribution in [0.2, 0.25) is 0 Å². The first-order valence-corrected chi connectivity index (χ1v) is 6.22. The SMILES string of the molecule is CCC(C)SCC(=O)c1cc(F)ccc1O. The molecule has 0 spiro atoms. The third-order valence-corrected chi connectivity index (χ3v) is 3.66. The van der Waals surface area contributed by atoms with Crippen LogP contribution in [0.3, 0.4) is 0 Å². The minimum absolute atomic E-state index is 0.0656. The molecule has 0 aliphatic carbocycles. The van der Waals surface area contributed by atoms with Crippen molar-refractivity contribution in [2.45, 2.75) is 25.5 Å². The van der Waals surface area contributed by atoms with Crippen molar-refractivity contribution < 1.29 is 14.3 Å². The molecule has 0 aromatic heterocycles. The van der Waals surface area contributed by atoms with E-state index in [9.17, 15) is 14.3 Å². The molecule has 88 valence electrons. The molecule has 1 aromatic rings. The quantitative estimate of drug-likeness (QED) is 0.805. The third-order valence-electron chi connectivity index (χ3n) is 2.33. The molecular formula is C12H15FO2S. The van der Waals surface area contributed by atoms with Crippen molar-refractivity contribution in [3.8, 4) is 5.75 Å². The molecule has 1 rings (SSSR count). The van der Waals surface area contributed by atoms with Crippen molar-refractivity contribution in [1.29, 1.82) is 0 Å². The lowest BCUT2D eigenvalue weighted by Crippen LogP contribution is -2.06. The predicted molar refractivity (Wildman–Crippen MR) is 64.6 cm³/mol. The molecule has 1 atom stereocenters. The number of thioether (sulfide) groups is 1. The molecule has 1 unspecified atom stereocenters. The molecule has 0 radical (unpaired) electrons. The molecule has 0 saturated heterocycles. The van der Waals surface area contributed by atoms with Crippen LogP contribution >= 0.6 is 11.8 Å². The first-order chi connectivity index (χ1) is 7.54. The highest BCUT2D eigenvalue weighted by Crippen LogP contribution is 2.22. The van der Waals surface area contributed by atoms with Crippen LogP contribution < -0.4 is 0 Å². The number of Topliss-reactive ketones (excluding diaryl/α,β-unsaturated/α-hetero) is 1.